The minimum absolute atomic E-state index is 0.275. The molecule has 2 aromatic heterocycles. The van der Waals surface area contributed by atoms with Crippen LogP contribution in [0.4, 0.5) is 0 Å². The monoisotopic (exact) mass is 269 g/mol. The third-order valence-electron chi connectivity index (χ3n) is 2.54. The Morgan fingerprint density at radius 2 is 2.33 bits per heavy atom. The third kappa shape index (κ3) is 1.72. The first-order valence-electron chi connectivity index (χ1n) is 4.58. The SMILES string of the molecule is Cc1c(C(N)c2occc2Br)cnn1C. The van der Waals surface area contributed by atoms with Crippen molar-refractivity contribution in [1.29, 1.82) is 0 Å². The van der Waals surface area contributed by atoms with Gasteiger partial charge in [-0.05, 0) is 28.9 Å². The highest BCUT2D eigenvalue weighted by atomic mass is 79.9. The largest absolute Gasteiger partial charge is 0.466 e. The molecule has 0 aliphatic carbocycles. The fourth-order valence-electron chi connectivity index (χ4n) is 1.49. The summed E-state index contributed by atoms with van der Waals surface area (Å²) < 4.78 is 8.02. The molecule has 15 heavy (non-hydrogen) atoms. The Labute approximate surface area is 96.2 Å². The number of halogens is 1. The van der Waals surface area contributed by atoms with Crippen LogP contribution in [0.5, 0.6) is 0 Å². The lowest BCUT2D eigenvalue weighted by Gasteiger charge is -2.08. The number of furan rings is 1. The van der Waals surface area contributed by atoms with Crippen LogP contribution in [-0.4, -0.2) is 9.78 Å². The van der Waals surface area contributed by atoms with Crippen molar-refractivity contribution in [3.05, 3.63) is 40.0 Å². The normalized spacial score (nSPS) is 13.1. The van der Waals surface area contributed by atoms with Gasteiger partial charge in [-0.3, -0.25) is 4.68 Å². The Morgan fingerprint density at radius 3 is 2.80 bits per heavy atom. The Hall–Kier alpha value is -1.07. The Balaban J connectivity index is 2.41. The molecule has 0 radical (unpaired) electrons. The van der Waals surface area contributed by atoms with Crippen LogP contribution >= 0.6 is 15.9 Å². The number of aromatic nitrogens is 2. The number of rotatable bonds is 2. The lowest BCUT2D eigenvalue weighted by Crippen LogP contribution is -2.12. The van der Waals surface area contributed by atoms with Gasteiger partial charge in [-0.25, -0.2) is 0 Å². The molecule has 1 unspecified atom stereocenters. The molecule has 2 aromatic rings. The molecule has 0 fully saturated rings. The van der Waals surface area contributed by atoms with Crippen molar-refractivity contribution in [2.24, 2.45) is 12.8 Å². The smallest absolute Gasteiger partial charge is 0.139 e. The van der Waals surface area contributed by atoms with E-state index in [9.17, 15) is 0 Å². The summed E-state index contributed by atoms with van der Waals surface area (Å²) in [5, 5.41) is 4.16. The van der Waals surface area contributed by atoms with Crippen LogP contribution in [0.1, 0.15) is 23.1 Å². The van der Waals surface area contributed by atoms with E-state index in [0.717, 1.165) is 21.5 Å². The molecule has 0 aliphatic heterocycles. The van der Waals surface area contributed by atoms with Gasteiger partial charge in [0.2, 0.25) is 0 Å². The maximum absolute atomic E-state index is 6.10. The van der Waals surface area contributed by atoms with E-state index in [1.807, 2.05) is 20.0 Å². The van der Waals surface area contributed by atoms with Crippen molar-refractivity contribution in [3.8, 4) is 0 Å². The summed E-state index contributed by atoms with van der Waals surface area (Å²) in [4.78, 5) is 0. The summed E-state index contributed by atoms with van der Waals surface area (Å²) in [6, 6.07) is 1.56. The van der Waals surface area contributed by atoms with Crippen molar-refractivity contribution in [2.45, 2.75) is 13.0 Å². The van der Waals surface area contributed by atoms with Crippen molar-refractivity contribution >= 4 is 15.9 Å². The second kappa shape index (κ2) is 3.83. The summed E-state index contributed by atoms with van der Waals surface area (Å²) in [5.74, 6) is 0.728. The summed E-state index contributed by atoms with van der Waals surface area (Å²) in [7, 11) is 1.89. The van der Waals surface area contributed by atoms with E-state index in [1.165, 1.54) is 0 Å². The molecule has 0 saturated heterocycles. The van der Waals surface area contributed by atoms with Crippen molar-refractivity contribution in [2.75, 3.05) is 0 Å². The Bertz CT molecular complexity index is 475. The molecule has 1 atom stereocenters. The molecule has 2 N–H and O–H groups in total. The molecular weight excluding hydrogens is 258 g/mol. The van der Waals surface area contributed by atoms with Gasteiger partial charge in [0.05, 0.1) is 23.0 Å². The van der Waals surface area contributed by atoms with E-state index >= 15 is 0 Å². The van der Waals surface area contributed by atoms with Crippen LogP contribution in [0.25, 0.3) is 0 Å². The lowest BCUT2D eigenvalue weighted by molar-refractivity contribution is 0.486. The molecule has 5 heteroatoms. The zero-order chi connectivity index (χ0) is 11.0. The van der Waals surface area contributed by atoms with E-state index in [4.69, 9.17) is 10.2 Å². The highest BCUT2D eigenvalue weighted by Gasteiger charge is 2.19. The van der Waals surface area contributed by atoms with Crippen molar-refractivity contribution in [3.63, 3.8) is 0 Å². The van der Waals surface area contributed by atoms with Crippen LogP contribution < -0.4 is 5.73 Å². The third-order valence-corrected chi connectivity index (χ3v) is 3.19. The molecule has 2 rings (SSSR count). The molecule has 0 aromatic carbocycles. The van der Waals surface area contributed by atoms with Gasteiger partial charge >= 0.3 is 0 Å². The molecule has 0 amide bonds. The van der Waals surface area contributed by atoms with Crippen molar-refractivity contribution in [1.82, 2.24) is 9.78 Å². The fourth-order valence-corrected chi connectivity index (χ4v) is 1.94. The van der Waals surface area contributed by atoms with Gasteiger partial charge in [0.15, 0.2) is 0 Å². The van der Waals surface area contributed by atoms with E-state index < -0.39 is 0 Å². The first kappa shape index (κ1) is 10.4. The van der Waals surface area contributed by atoms with E-state index in [-0.39, 0.29) is 6.04 Å². The van der Waals surface area contributed by atoms with Crippen LogP contribution in [0.2, 0.25) is 0 Å². The first-order chi connectivity index (χ1) is 7.11. The van der Waals surface area contributed by atoms with Crippen LogP contribution in [0.15, 0.2) is 27.4 Å². The molecule has 80 valence electrons. The molecular formula is C10H12BrN3O. The Kier molecular flexibility index (Phi) is 2.67. The predicted octanol–water partition coefficient (Wildman–Crippen LogP) is 2.13. The number of hydrogen-bond acceptors (Lipinski definition) is 3. The van der Waals surface area contributed by atoms with Gasteiger partial charge in [0.1, 0.15) is 5.76 Å². The predicted molar refractivity (Wildman–Crippen MR) is 60.4 cm³/mol. The summed E-state index contributed by atoms with van der Waals surface area (Å²) >= 11 is 3.39. The molecule has 0 saturated carbocycles. The minimum Gasteiger partial charge on any atom is -0.466 e. The van der Waals surface area contributed by atoms with Gasteiger partial charge in [-0.1, -0.05) is 0 Å². The number of nitrogens with zero attached hydrogens (tertiary/aromatic N) is 2. The first-order valence-corrected chi connectivity index (χ1v) is 5.37. The average Bonchev–Trinajstić information content (AvgIpc) is 2.75. The number of nitrogens with two attached hydrogens (primary N) is 1. The van der Waals surface area contributed by atoms with Gasteiger partial charge in [-0.15, -0.1) is 0 Å². The zero-order valence-corrected chi connectivity index (χ0v) is 10.2. The highest BCUT2D eigenvalue weighted by molar-refractivity contribution is 9.10. The average molecular weight is 270 g/mol. The molecule has 4 nitrogen and oxygen atoms in total. The number of aryl methyl sites for hydroxylation is 1. The minimum atomic E-state index is -0.275. The van der Waals surface area contributed by atoms with E-state index in [2.05, 4.69) is 21.0 Å². The molecule has 2 heterocycles. The zero-order valence-electron chi connectivity index (χ0n) is 8.57. The van der Waals surface area contributed by atoms with Gasteiger partial charge in [-0.2, -0.15) is 5.10 Å². The quantitative estimate of drug-likeness (QED) is 0.909. The maximum atomic E-state index is 6.10. The lowest BCUT2D eigenvalue weighted by atomic mass is 10.1. The topological polar surface area (TPSA) is 57.0 Å². The van der Waals surface area contributed by atoms with Crippen LogP contribution in [-0.2, 0) is 7.05 Å². The second-order valence-corrected chi connectivity index (χ2v) is 4.27. The summed E-state index contributed by atoms with van der Waals surface area (Å²) in [5.41, 5.74) is 8.13. The van der Waals surface area contributed by atoms with Crippen molar-refractivity contribution < 1.29 is 4.42 Å². The summed E-state index contributed by atoms with van der Waals surface area (Å²) in [6.07, 6.45) is 3.39. The van der Waals surface area contributed by atoms with E-state index in [0.29, 0.717) is 0 Å². The Morgan fingerprint density at radius 1 is 1.60 bits per heavy atom. The fraction of sp³-hybridized carbons (Fsp3) is 0.300. The van der Waals surface area contributed by atoms with Crippen LogP contribution in [0.3, 0.4) is 0 Å². The molecule has 0 bridgehead atoms. The molecule has 0 spiro atoms. The van der Waals surface area contributed by atoms with Crippen LogP contribution in [0, 0.1) is 6.92 Å². The van der Waals surface area contributed by atoms with Gasteiger partial charge in [0.25, 0.3) is 0 Å². The maximum Gasteiger partial charge on any atom is 0.139 e. The summed E-state index contributed by atoms with van der Waals surface area (Å²) in [6.45, 7) is 1.99. The standard InChI is InChI=1S/C10H12BrN3O/c1-6-7(5-13-14(6)2)9(12)10-8(11)3-4-15-10/h3-5,9H,12H2,1-2H3. The van der Waals surface area contributed by atoms with E-state index in [1.54, 1.807) is 17.1 Å². The second-order valence-electron chi connectivity index (χ2n) is 3.42. The highest BCUT2D eigenvalue weighted by Crippen LogP contribution is 2.28. The van der Waals surface area contributed by atoms with Gasteiger partial charge < -0.3 is 10.2 Å². The number of hydrogen-bond donors (Lipinski definition) is 1. The molecule has 0 aliphatic rings. The van der Waals surface area contributed by atoms with Gasteiger partial charge in [0, 0.05) is 18.3 Å².